The van der Waals surface area contributed by atoms with Crippen molar-refractivity contribution in [3.8, 4) is 0 Å². The van der Waals surface area contributed by atoms with Crippen LogP contribution in [0.5, 0.6) is 0 Å². The average Bonchev–Trinajstić information content (AvgIpc) is 2.54. The molecule has 1 unspecified atom stereocenters. The molecule has 4 heteroatoms. The summed E-state index contributed by atoms with van der Waals surface area (Å²) >= 11 is 3.64. The maximum atomic E-state index is 4.65. The normalized spacial score (nSPS) is 18.1. The first-order valence-electron chi connectivity index (χ1n) is 7.66. The Balaban J connectivity index is 1.84. The number of piperidine rings is 1. The Morgan fingerprint density at radius 1 is 1.24 bits per heavy atom. The number of benzene rings is 1. The minimum atomic E-state index is 0.599. The quantitative estimate of drug-likeness (QED) is 0.914. The number of halogens is 1. The zero-order valence-corrected chi connectivity index (χ0v) is 14.2. The molecule has 1 atom stereocenters. The standard InChI is InChI=1S/C17H22BrN3/c1-12(19-2)13-7-10-21(11-8-13)17-15-4-3-5-16(18)14(15)6-9-20-17/h3-6,9,12-13,19H,7-8,10-11H2,1-2H3. The van der Waals surface area contributed by atoms with Crippen LogP contribution >= 0.6 is 15.9 Å². The lowest BCUT2D eigenvalue weighted by Crippen LogP contribution is -2.41. The Labute approximate surface area is 134 Å². The van der Waals surface area contributed by atoms with Gasteiger partial charge in [-0.15, -0.1) is 0 Å². The lowest BCUT2D eigenvalue weighted by molar-refractivity contribution is 0.323. The second kappa shape index (κ2) is 6.32. The number of nitrogens with zero attached hydrogens (tertiary/aromatic N) is 2. The van der Waals surface area contributed by atoms with Crippen molar-refractivity contribution >= 4 is 32.5 Å². The first kappa shape index (κ1) is 14.8. The molecule has 0 bridgehead atoms. The lowest BCUT2D eigenvalue weighted by Gasteiger charge is -2.36. The molecular formula is C17H22BrN3. The molecular weight excluding hydrogens is 326 g/mol. The minimum Gasteiger partial charge on any atom is -0.356 e. The van der Waals surface area contributed by atoms with Gasteiger partial charge in [0.2, 0.25) is 0 Å². The van der Waals surface area contributed by atoms with E-state index in [9.17, 15) is 0 Å². The summed E-state index contributed by atoms with van der Waals surface area (Å²) in [5.74, 6) is 1.90. The van der Waals surface area contributed by atoms with Crippen molar-refractivity contribution in [3.05, 3.63) is 34.9 Å². The van der Waals surface area contributed by atoms with E-state index in [0.717, 1.165) is 29.3 Å². The number of aromatic nitrogens is 1. The predicted octanol–water partition coefficient (Wildman–Crippen LogP) is 3.82. The number of hydrogen-bond donors (Lipinski definition) is 1. The molecule has 1 fully saturated rings. The molecule has 112 valence electrons. The number of hydrogen-bond acceptors (Lipinski definition) is 3. The van der Waals surface area contributed by atoms with Crippen LogP contribution in [0.3, 0.4) is 0 Å². The molecule has 3 nitrogen and oxygen atoms in total. The molecule has 0 amide bonds. The summed E-state index contributed by atoms with van der Waals surface area (Å²) in [6.07, 6.45) is 4.38. The second-order valence-electron chi connectivity index (χ2n) is 5.87. The minimum absolute atomic E-state index is 0.599. The zero-order chi connectivity index (χ0) is 14.8. The van der Waals surface area contributed by atoms with Crippen LogP contribution in [-0.4, -0.2) is 31.2 Å². The Morgan fingerprint density at radius 3 is 2.71 bits per heavy atom. The van der Waals surface area contributed by atoms with Gasteiger partial charge in [0.1, 0.15) is 5.82 Å². The van der Waals surface area contributed by atoms with Gasteiger partial charge < -0.3 is 10.2 Å². The van der Waals surface area contributed by atoms with E-state index in [1.165, 1.54) is 23.6 Å². The van der Waals surface area contributed by atoms with E-state index in [1.807, 2.05) is 6.20 Å². The highest BCUT2D eigenvalue weighted by atomic mass is 79.9. The summed E-state index contributed by atoms with van der Waals surface area (Å²) in [4.78, 5) is 7.09. The topological polar surface area (TPSA) is 28.2 Å². The molecule has 0 saturated carbocycles. The molecule has 0 aliphatic carbocycles. The highest BCUT2D eigenvalue weighted by Crippen LogP contribution is 2.32. The fraction of sp³-hybridized carbons (Fsp3) is 0.471. The second-order valence-corrected chi connectivity index (χ2v) is 6.73. The van der Waals surface area contributed by atoms with E-state index < -0.39 is 0 Å². The van der Waals surface area contributed by atoms with Gasteiger partial charge in [-0.25, -0.2) is 4.98 Å². The third-order valence-electron chi connectivity index (χ3n) is 4.73. The number of rotatable bonds is 3. The summed E-state index contributed by atoms with van der Waals surface area (Å²) in [7, 11) is 2.06. The maximum absolute atomic E-state index is 4.65. The van der Waals surface area contributed by atoms with Gasteiger partial charge in [0.05, 0.1) is 0 Å². The van der Waals surface area contributed by atoms with Crippen LogP contribution < -0.4 is 10.2 Å². The lowest BCUT2D eigenvalue weighted by atomic mass is 9.90. The first-order valence-corrected chi connectivity index (χ1v) is 8.45. The molecule has 1 N–H and O–H groups in total. The van der Waals surface area contributed by atoms with Gasteiger partial charge in [0.25, 0.3) is 0 Å². The zero-order valence-electron chi connectivity index (χ0n) is 12.6. The summed E-state index contributed by atoms with van der Waals surface area (Å²) < 4.78 is 1.14. The highest BCUT2D eigenvalue weighted by Gasteiger charge is 2.24. The third kappa shape index (κ3) is 2.92. The van der Waals surface area contributed by atoms with Crippen LogP contribution in [0.25, 0.3) is 10.8 Å². The van der Waals surface area contributed by atoms with Crippen molar-refractivity contribution in [1.82, 2.24) is 10.3 Å². The van der Waals surface area contributed by atoms with E-state index in [1.54, 1.807) is 0 Å². The van der Waals surface area contributed by atoms with E-state index in [-0.39, 0.29) is 0 Å². The van der Waals surface area contributed by atoms with Gasteiger partial charge in [-0.3, -0.25) is 0 Å². The van der Waals surface area contributed by atoms with Gasteiger partial charge in [0.15, 0.2) is 0 Å². The van der Waals surface area contributed by atoms with E-state index in [2.05, 4.69) is 69.4 Å². The summed E-state index contributed by atoms with van der Waals surface area (Å²) in [6, 6.07) is 9.03. The SMILES string of the molecule is CNC(C)C1CCN(c2nccc3c(Br)cccc23)CC1. The third-order valence-corrected chi connectivity index (χ3v) is 5.42. The van der Waals surface area contributed by atoms with Crippen LogP contribution in [-0.2, 0) is 0 Å². The average molecular weight is 348 g/mol. The molecule has 2 aromatic rings. The summed E-state index contributed by atoms with van der Waals surface area (Å²) in [5.41, 5.74) is 0. The van der Waals surface area contributed by atoms with Gasteiger partial charge in [0, 0.05) is 40.6 Å². The number of nitrogens with one attached hydrogen (secondary N) is 1. The van der Waals surface area contributed by atoms with Gasteiger partial charge >= 0.3 is 0 Å². The molecule has 0 radical (unpaired) electrons. The van der Waals surface area contributed by atoms with Gasteiger partial charge in [-0.05, 0) is 44.9 Å². The van der Waals surface area contributed by atoms with Gasteiger partial charge in [-0.1, -0.05) is 28.1 Å². The van der Waals surface area contributed by atoms with Crippen molar-refractivity contribution in [1.29, 1.82) is 0 Å². The first-order chi connectivity index (χ1) is 10.2. The fourth-order valence-corrected chi connectivity index (χ4v) is 3.75. The van der Waals surface area contributed by atoms with Crippen molar-refractivity contribution < 1.29 is 0 Å². The molecule has 1 saturated heterocycles. The van der Waals surface area contributed by atoms with E-state index >= 15 is 0 Å². The van der Waals surface area contributed by atoms with Crippen LogP contribution in [0.1, 0.15) is 19.8 Å². The number of anilines is 1. The Kier molecular flexibility index (Phi) is 4.45. The van der Waals surface area contributed by atoms with Crippen molar-refractivity contribution in [2.24, 2.45) is 5.92 Å². The van der Waals surface area contributed by atoms with Crippen molar-refractivity contribution in [2.75, 3.05) is 25.0 Å². The van der Waals surface area contributed by atoms with Crippen LogP contribution in [0, 0.1) is 5.92 Å². The predicted molar refractivity (Wildman–Crippen MR) is 92.9 cm³/mol. The number of fused-ring (bicyclic) bond motifs is 1. The fourth-order valence-electron chi connectivity index (χ4n) is 3.25. The molecule has 3 rings (SSSR count). The molecule has 21 heavy (non-hydrogen) atoms. The highest BCUT2D eigenvalue weighted by molar-refractivity contribution is 9.10. The van der Waals surface area contributed by atoms with E-state index in [0.29, 0.717) is 6.04 Å². The van der Waals surface area contributed by atoms with Crippen molar-refractivity contribution in [2.45, 2.75) is 25.8 Å². The van der Waals surface area contributed by atoms with Crippen LogP contribution in [0.2, 0.25) is 0 Å². The molecule has 2 heterocycles. The maximum Gasteiger partial charge on any atom is 0.136 e. The van der Waals surface area contributed by atoms with Crippen molar-refractivity contribution in [3.63, 3.8) is 0 Å². The van der Waals surface area contributed by atoms with Crippen LogP contribution in [0.15, 0.2) is 34.9 Å². The summed E-state index contributed by atoms with van der Waals surface area (Å²) in [5, 5.41) is 5.87. The molecule has 1 aliphatic heterocycles. The molecule has 1 aromatic heterocycles. The monoisotopic (exact) mass is 347 g/mol. The Bertz CT molecular complexity index is 620. The van der Waals surface area contributed by atoms with E-state index in [4.69, 9.17) is 0 Å². The largest absolute Gasteiger partial charge is 0.356 e. The smallest absolute Gasteiger partial charge is 0.136 e. The Hall–Kier alpha value is -1.13. The number of pyridine rings is 1. The molecule has 1 aromatic carbocycles. The van der Waals surface area contributed by atoms with Crippen LogP contribution in [0.4, 0.5) is 5.82 Å². The Morgan fingerprint density at radius 2 is 2.00 bits per heavy atom. The molecule has 1 aliphatic rings. The summed E-state index contributed by atoms with van der Waals surface area (Å²) in [6.45, 7) is 4.47. The van der Waals surface area contributed by atoms with Gasteiger partial charge in [-0.2, -0.15) is 0 Å². The molecule has 0 spiro atoms.